The second kappa shape index (κ2) is 8.01. The van der Waals surface area contributed by atoms with Crippen LogP contribution in [0.4, 0.5) is 0 Å². The Kier molecular flexibility index (Phi) is 4.65. The molecule has 7 rings (SSSR count). The SMILES string of the molecule is Sc1ccc2c(-c3ccc4ccccc4c3)c3ccccc3c(-c3ccc4ccccc4c3)c2c1. The summed E-state index contributed by atoms with van der Waals surface area (Å²) >= 11 is 4.74. The topological polar surface area (TPSA) is 0 Å². The minimum atomic E-state index is 0.972. The summed E-state index contributed by atoms with van der Waals surface area (Å²) in [6.07, 6.45) is 0. The molecule has 0 N–H and O–H groups in total. The van der Waals surface area contributed by atoms with Crippen LogP contribution in [0.3, 0.4) is 0 Å². The van der Waals surface area contributed by atoms with E-state index < -0.39 is 0 Å². The van der Waals surface area contributed by atoms with Gasteiger partial charge in [0.2, 0.25) is 0 Å². The lowest BCUT2D eigenvalue weighted by molar-refractivity contribution is 1.53. The van der Waals surface area contributed by atoms with E-state index in [-0.39, 0.29) is 0 Å². The lowest BCUT2D eigenvalue weighted by Gasteiger charge is -2.18. The average molecular weight is 463 g/mol. The Bertz CT molecular complexity index is 1910. The Morgan fingerprint density at radius 2 is 0.800 bits per heavy atom. The third-order valence-corrected chi connectivity index (χ3v) is 7.36. The van der Waals surface area contributed by atoms with Crippen LogP contribution in [0.15, 0.2) is 132 Å². The molecule has 0 bridgehead atoms. The van der Waals surface area contributed by atoms with Crippen LogP contribution in [0.1, 0.15) is 0 Å². The molecule has 7 aromatic carbocycles. The Hall–Kier alpha value is -4.07. The first-order valence-corrected chi connectivity index (χ1v) is 12.4. The lowest BCUT2D eigenvalue weighted by Crippen LogP contribution is -1.91. The molecule has 1 heteroatoms. The molecule has 0 radical (unpaired) electrons. The van der Waals surface area contributed by atoms with Crippen molar-refractivity contribution >= 4 is 55.7 Å². The summed E-state index contributed by atoms with van der Waals surface area (Å²) < 4.78 is 0. The fourth-order valence-electron chi connectivity index (χ4n) is 5.48. The molecular weight excluding hydrogens is 440 g/mol. The molecule has 0 saturated carbocycles. The summed E-state index contributed by atoms with van der Waals surface area (Å²) in [5.74, 6) is 0. The van der Waals surface area contributed by atoms with E-state index in [1.54, 1.807) is 0 Å². The van der Waals surface area contributed by atoms with Gasteiger partial charge in [-0.25, -0.2) is 0 Å². The summed E-state index contributed by atoms with van der Waals surface area (Å²) in [4.78, 5) is 0.972. The summed E-state index contributed by atoms with van der Waals surface area (Å²) in [7, 11) is 0. The first-order valence-electron chi connectivity index (χ1n) is 11.9. The molecule has 7 aromatic rings. The summed E-state index contributed by atoms with van der Waals surface area (Å²) in [6, 6.07) is 46.1. The maximum Gasteiger partial charge on any atom is 0.00465 e. The highest BCUT2D eigenvalue weighted by Gasteiger charge is 2.17. The fraction of sp³-hybridized carbons (Fsp3) is 0. The van der Waals surface area contributed by atoms with E-state index in [2.05, 4.69) is 127 Å². The van der Waals surface area contributed by atoms with Gasteiger partial charge in [-0.3, -0.25) is 0 Å². The van der Waals surface area contributed by atoms with Crippen LogP contribution in [-0.2, 0) is 0 Å². The van der Waals surface area contributed by atoms with E-state index in [1.165, 1.54) is 65.3 Å². The molecule has 0 aromatic heterocycles. The Morgan fingerprint density at radius 3 is 1.37 bits per heavy atom. The monoisotopic (exact) mass is 462 g/mol. The van der Waals surface area contributed by atoms with Crippen LogP contribution in [0, 0.1) is 0 Å². The number of thiol groups is 1. The maximum atomic E-state index is 4.74. The minimum absolute atomic E-state index is 0.972. The molecule has 0 atom stereocenters. The highest BCUT2D eigenvalue weighted by molar-refractivity contribution is 7.80. The predicted molar refractivity (Wildman–Crippen MR) is 155 cm³/mol. The third kappa shape index (κ3) is 3.31. The first-order chi connectivity index (χ1) is 17.3. The Balaban J connectivity index is 1.63. The molecule has 35 heavy (non-hydrogen) atoms. The maximum absolute atomic E-state index is 4.74. The van der Waals surface area contributed by atoms with Crippen LogP contribution in [0.5, 0.6) is 0 Å². The highest BCUT2D eigenvalue weighted by atomic mass is 32.1. The van der Waals surface area contributed by atoms with Crippen LogP contribution < -0.4 is 0 Å². The second-order valence-corrected chi connectivity index (χ2v) is 9.67. The first kappa shape index (κ1) is 20.3. The molecular formula is C34H22S. The van der Waals surface area contributed by atoms with Crippen molar-refractivity contribution in [1.29, 1.82) is 0 Å². The molecule has 0 amide bonds. The van der Waals surface area contributed by atoms with Crippen molar-refractivity contribution < 1.29 is 0 Å². The smallest absolute Gasteiger partial charge is 0.00465 e. The molecule has 0 unspecified atom stereocenters. The van der Waals surface area contributed by atoms with Crippen molar-refractivity contribution in [3.63, 3.8) is 0 Å². The standard InChI is InChI=1S/C34H22S/c35-28-17-18-31-32(21-28)34(27-16-14-23-8-2-4-10-25(23)20-27)30-12-6-5-11-29(30)33(31)26-15-13-22-7-1-3-9-24(22)19-26/h1-21,35H. The lowest BCUT2D eigenvalue weighted by atomic mass is 9.85. The molecule has 0 aliphatic heterocycles. The normalized spacial score (nSPS) is 11.6. The largest absolute Gasteiger partial charge is 0.143 e. The van der Waals surface area contributed by atoms with Gasteiger partial charge in [0.15, 0.2) is 0 Å². The average Bonchev–Trinajstić information content (AvgIpc) is 2.91. The van der Waals surface area contributed by atoms with E-state index in [0.717, 1.165) is 4.90 Å². The fourth-order valence-corrected chi connectivity index (χ4v) is 5.68. The van der Waals surface area contributed by atoms with Crippen LogP contribution in [0.25, 0.3) is 65.3 Å². The van der Waals surface area contributed by atoms with Gasteiger partial charge in [0.1, 0.15) is 0 Å². The van der Waals surface area contributed by atoms with E-state index >= 15 is 0 Å². The zero-order valence-electron chi connectivity index (χ0n) is 19.1. The second-order valence-electron chi connectivity index (χ2n) is 9.15. The van der Waals surface area contributed by atoms with Gasteiger partial charge < -0.3 is 0 Å². The molecule has 0 nitrogen and oxygen atoms in total. The van der Waals surface area contributed by atoms with Crippen molar-refractivity contribution in [3.8, 4) is 22.3 Å². The van der Waals surface area contributed by atoms with E-state index in [4.69, 9.17) is 12.6 Å². The highest BCUT2D eigenvalue weighted by Crippen LogP contribution is 2.45. The quantitative estimate of drug-likeness (QED) is 0.192. The molecule has 0 heterocycles. The molecule has 0 aliphatic rings. The van der Waals surface area contributed by atoms with Gasteiger partial charge in [-0.05, 0) is 89.6 Å². The van der Waals surface area contributed by atoms with Crippen molar-refractivity contribution in [3.05, 3.63) is 127 Å². The zero-order chi connectivity index (χ0) is 23.4. The van der Waals surface area contributed by atoms with Crippen LogP contribution in [0.2, 0.25) is 0 Å². The molecule has 0 spiro atoms. The van der Waals surface area contributed by atoms with Gasteiger partial charge in [0.05, 0.1) is 0 Å². The summed E-state index contributed by atoms with van der Waals surface area (Å²) in [6.45, 7) is 0. The molecule has 0 saturated heterocycles. The molecule has 0 fully saturated rings. The van der Waals surface area contributed by atoms with Crippen molar-refractivity contribution in [2.45, 2.75) is 4.90 Å². The number of hydrogen-bond donors (Lipinski definition) is 1. The predicted octanol–water partition coefficient (Wildman–Crippen LogP) is 9.92. The third-order valence-electron chi connectivity index (χ3n) is 7.08. The Morgan fingerprint density at radius 1 is 0.343 bits per heavy atom. The Labute approximate surface area is 209 Å². The van der Waals surface area contributed by atoms with Crippen molar-refractivity contribution in [2.24, 2.45) is 0 Å². The number of rotatable bonds is 2. The zero-order valence-corrected chi connectivity index (χ0v) is 20.0. The van der Waals surface area contributed by atoms with Gasteiger partial charge >= 0.3 is 0 Å². The van der Waals surface area contributed by atoms with Gasteiger partial charge in [-0.1, -0.05) is 103 Å². The van der Waals surface area contributed by atoms with Crippen LogP contribution >= 0.6 is 12.6 Å². The minimum Gasteiger partial charge on any atom is -0.143 e. The van der Waals surface area contributed by atoms with E-state index in [0.29, 0.717) is 0 Å². The number of benzene rings is 7. The van der Waals surface area contributed by atoms with Crippen molar-refractivity contribution in [2.75, 3.05) is 0 Å². The summed E-state index contributed by atoms with van der Waals surface area (Å²) in [5.41, 5.74) is 5.01. The molecule has 0 aliphatic carbocycles. The number of hydrogen-bond acceptors (Lipinski definition) is 1. The van der Waals surface area contributed by atoms with Crippen molar-refractivity contribution in [1.82, 2.24) is 0 Å². The van der Waals surface area contributed by atoms with Crippen LogP contribution in [-0.4, -0.2) is 0 Å². The molecule has 164 valence electrons. The van der Waals surface area contributed by atoms with Gasteiger partial charge in [0.25, 0.3) is 0 Å². The van der Waals surface area contributed by atoms with E-state index in [1.807, 2.05) is 0 Å². The van der Waals surface area contributed by atoms with Gasteiger partial charge in [-0.15, -0.1) is 12.6 Å². The van der Waals surface area contributed by atoms with Gasteiger partial charge in [0, 0.05) is 4.90 Å². The van der Waals surface area contributed by atoms with E-state index in [9.17, 15) is 0 Å². The summed E-state index contributed by atoms with van der Waals surface area (Å²) in [5, 5.41) is 10.0. The van der Waals surface area contributed by atoms with Gasteiger partial charge in [-0.2, -0.15) is 0 Å². The number of fused-ring (bicyclic) bond motifs is 4.